The van der Waals surface area contributed by atoms with E-state index in [1.165, 1.54) is 35.6 Å². The van der Waals surface area contributed by atoms with E-state index in [0.717, 1.165) is 29.9 Å². The van der Waals surface area contributed by atoms with Crippen molar-refractivity contribution in [3.8, 4) is 11.3 Å². The van der Waals surface area contributed by atoms with Gasteiger partial charge in [-0.25, -0.2) is 4.98 Å². The molecule has 9 heteroatoms. The number of nitrogens with one attached hydrogen (secondary N) is 2. The summed E-state index contributed by atoms with van der Waals surface area (Å²) in [6.45, 7) is 3.35. The number of amides is 3. The Morgan fingerprint density at radius 2 is 2.03 bits per heavy atom. The molecule has 0 spiro atoms. The van der Waals surface area contributed by atoms with Gasteiger partial charge in [0.25, 0.3) is 5.24 Å². The number of hydrogen-bond acceptors (Lipinski definition) is 6. The molecule has 0 aliphatic carbocycles. The summed E-state index contributed by atoms with van der Waals surface area (Å²) < 4.78 is 0. The first-order valence-electron chi connectivity index (χ1n) is 9.52. The van der Waals surface area contributed by atoms with Crippen LogP contribution in [0.3, 0.4) is 0 Å². The molecule has 7 nitrogen and oxygen atoms in total. The van der Waals surface area contributed by atoms with E-state index >= 15 is 0 Å². The zero-order valence-electron chi connectivity index (χ0n) is 16.3. The van der Waals surface area contributed by atoms with E-state index in [1.807, 2.05) is 17.5 Å². The molecule has 29 heavy (non-hydrogen) atoms. The van der Waals surface area contributed by atoms with E-state index in [9.17, 15) is 14.4 Å². The summed E-state index contributed by atoms with van der Waals surface area (Å²) >= 11 is 2.68. The third kappa shape index (κ3) is 6.57. The quantitative estimate of drug-likeness (QED) is 0.593. The Labute approximate surface area is 178 Å². The van der Waals surface area contributed by atoms with E-state index in [-0.39, 0.29) is 23.5 Å². The minimum atomic E-state index is -0.134. The lowest BCUT2D eigenvalue weighted by Crippen LogP contribution is -2.27. The number of nitrogens with zero attached hydrogens (tertiary/aromatic N) is 2. The third-order valence-electron chi connectivity index (χ3n) is 4.47. The molecule has 1 fully saturated rings. The molecule has 2 heterocycles. The molecule has 1 aliphatic heterocycles. The Morgan fingerprint density at radius 1 is 1.24 bits per heavy atom. The number of aromatic nitrogens is 1. The van der Waals surface area contributed by atoms with E-state index < -0.39 is 0 Å². The van der Waals surface area contributed by atoms with Crippen molar-refractivity contribution >= 4 is 45.3 Å². The summed E-state index contributed by atoms with van der Waals surface area (Å²) in [6, 6.07) is 8.16. The van der Waals surface area contributed by atoms with Gasteiger partial charge in [-0.1, -0.05) is 36.0 Å². The highest BCUT2D eigenvalue weighted by atomic mass is 32.2. The molecule has 0 radical (unpaired) electrons. The van der Waals surface area contributed by atoms with E-state index in [1.54, 1.807) is 4.90 Å². The summed E-state index contributed by atoms with van der Waals surface area (Å²) in [4.78, 5) is 40.8. The van der Waals surface area contributed by atoms with Crippen LogP contribution >= 0.6 is 23.1 Å². The van der Waals surface area contributed by atoms with Crippen LogP contribution in [0, 0.1) is 0 Å². The smallest absolute Gasteiger partial charge is 0.281 e. The normalized spacial score (nSPS) is 13.6. The minimum absolute atomic E-state index is 0.00434. The Kier molecular flexibility index (Phi) is 7.65. The van der Waals surface area contributed by atoms with Gasteiger partial charge >= 0.3 is 0 Å². The standard InChI is InChI=1S/C20H24N4O3S2/c1-14(25)21-9-2-3-15-4-6-16(7-5-15)17-13-29-19(22-17)23-18(26)8-10-24-11-12-28-20(24)27/h4-7,13H,2-3,8-12H2,1H3,(H,21,25)(H,22,23,26). The lowest BCUT2D eigenvalue weighted by molar-refractivity contribution is -0.119. The van der Waals surface area contributed by atoms with Crippen molar-refractivity contribution in [3.63, 3.8) is 0 Å². The van der Waals surface area contributed by atoms with Crippen molar-refractivity contribution in [2.45, 2.75) is 26.2 Å². The maximum absolute atomic E-state index is 12.1. The molecule has 154 valence electrons. The molecule has 1 aromatic heterocycles. The van der Waals surface area contributed by atoms with Gasteiger partial charge in [0, 0.05) is 49.7 Å². The topological polar surface area (TPSA) is 91.4 Å². The molecule has 1 aliphatic rings. The Morgan fingerprint density at radius 3 is 2.72 bits per heavy atom. The van der Waals surface area contributed by atoms with Crippen LogP contribution in [0.2, 0.25) is 0 Å². The second-order valence-corrected chi connectivity index (χ2v) is 8.63. The molecule has 0 saturated carbocycles. The molecule has 1 saturated heterocycles. The molecule has 2 N–H and O–H groups in total. The maximum Gasteiger partial charge on any atom is 0.281 e. The van der Waals surface area contributed by atoms with E-state index in [0.29, 0.717) is 24.8 Å². The average molecular weight is 433 g/mol. The Hall–Kier alpha value is -2.39. The number of rotatable bonds is 9. The van der Waals surface area contributed by atoms with Crippen LogP contribution in [0.15, 0.2) is 29.6 Å². The molecule has 0 atom stereocenters. The molecule has 1 aromatic carbocycles. The zero-order chi connectivity index (χ0) is 20.6. The largest absolute Gasteiger partial charge is 0.356 e. The molecule has 0 unspecified atom stereocenters. The van der Waals surface area contributed by atoms with Gasteiger partial charge < -0.3 is 15.5 Å². The summed E-state index contributed by atoms with van der Waals surface area (Å²) in [6.07, 6.45) is 2.07. The van der Waals surface area contributed by atoms with Crippen molar-refractivity contribution in [1.29, 1.82) is 0 Å². The molecular weight excluding hydrogens is 408 g/mol. The predicted octanol–water partition coefficient (Wildman–Crippen LogP) is 3.38. The van der Waals surface area contributed by atoms with E-state index in [2.05, 4.69) is 27.8 Å². The number of thioether (sulfide) groups is 1. The number of thiazole rings is 1. The van der Waals surface area contributed by atoms with Gasteiger partial charge in [-0.15, -0.1) is 11.3 Å². The fraction of sp³-hybridized carbons (Fsp3) is 0.400. The second-order valence-electron chi connectivity index (χ2n) is 6.72. The van der Waals surface area contributed by atoms with Gasteiger partial charge in [0.2, 0.25) is 11.8 Å². The Balaban J connectivity index is 1.47. The van der Waals surface area contributed by atoms with Gasteiger partial charge in [-0.3, -0.25) is 14.4 Å². The first-order valence-corrected chi connectivity index (χ1v) is 11.4. The summed E-state index contributed by atoms with van der Waals surface area (Å²) in [5.74, 6) is 0.658. The van der Waals surface area contributed by atoms with Gasteiger partial charge in [0.05, 0.1) is 5.69 Å². The van der Waals surface area contributed by atoms with Crippen molar-refractivity contribution < 1.29 is 14.4 Å². The zero-order valence-corrected chi connectivity index (χ0v) is 17.9. The van der Waals surface area contributed by atoms with Gasteiger partial charge in [-0.05, 0) is 18.4 Å². The molecule has 0 bridgehead atoms. The fourth-order valence-electron chi connectivity index (χ4n) is 2.91. The number of carbonyl (C=O) groups excluding carboxylic acids is 3. The molecular formula is C20H24N4O3S2. The van der Waals surface area contributed by atoms with Gasteiger partial charge in [-0.2, -0.15) is 0 Å². The molecule has 2 aromatic rings. The SMILES string of the molecule is CC(=O)NCCCc1ccc(-c2csc(NC(=O)CCN3CCSC3=O)n2)cc1. The number of aryl methyl sites for hydroxylation is 1. The van der Waals surface area contributed by atoms with Crippen LogP contribution in [0.5, 0.6) is 0 Å². The highest BCUT2D eigenvalue weighted by Gasteiger charge is 2.21. The number of anilines is 1. The maximum atomic E-state index is 12.1. The first-order chi connectivity index (χ1) is 14.0. The minimum Gasteiger partial charge on any atom is -0.356 e. The van der Waals surface area contributed by atoms with Crippen LogP contribution in [0.25, 0.3) is 11.3 Å². The average Bonchev–Trinajstić information content (AvgIpc) is 3.33. The highest BCUT2D eigenvalue weighted by molar-refractivity contribution is 8.13. The Bertz CT molecular complexity index is 867. The number of benzene rings is 1. The van der Waals surface area contributed by atoms with E-state index in [4.69, 9.17) is 0 Å². The third-order valence-corrected chi connectivity index (χ3v) is 6.12. The second kappa shape index (κ2) is 10.4. The van der Waals surface area contributed by atoms with Crippen LogP contribution in [0.4, 0.5) is 9.93 Å². The predicted molar refractivity (Wildman–Crippen MR) is 117 cm³/mol. The van der Waals surface area contributed by atoms with Gasteiger partial charge in [0.1, 0.15) is 0 Å². The van der Waals surface area contributed by atoms with Crippen molar-refractivity contribution in [2.24, 2.45) is 0 Å². The monoisotopic (exact) mass is 432 g/mol. The first kappa shape index (κ1) is 21.3. The van der Waals surface area contributed by atoms with Crippen LogP contribution in [-0.4, -0.2) is 52.3 Å². The highest BCUT2D eigenvalue weighted by Crippen LogP contribution is 2.25. The van der Waals surface area contributed by atoms with Crippen LogP contribution in [0.1, 0.15) is 25.3 Å². The van der Waals surface area contributed by atoms with Crippen molar-refractivity contribution in [2.75, 3.05) is 30.7 Å². The van der Waals surface area contributed by atoms with Crippen molar-refractivity contribution in [3.05, 3.63) is 35.2 Å². The van der Waals surface area contributed by atoms with Crippen LogP contribution in [-0.2, 0) is 16.0 Å². The lowest BCUT2D eigenvalue weighted by atomic mass is 10.1. The van der Waals surface area contributed by atoms with Crippen molar-refractivity contribution in [1.82, 2.24) is 15.2 Å². The molecule has 3 rings (SSSR count). The number of carbonyl (C=O) groups is 3. The summed E-state index contributed by atoms with van der Waals surface area (Å²) in [5, 5.41) is 8.14. The lowest BCUT2D eigenvalue weighted by Gasteiger charge is -2.13. The summed E-state index contributed by atoms with van der Waals surface area (Å²) in [5.41, 5.74) is 3.02. The number of hydrogen-bond donors (Lipinski definition) is 2. The van der Waals surface area contributed by atoms with Crippen LogP contribution < -0.4 is 10.6 Å². The molecule has 3 amide bonds. The summed E-state index contributed by atoms with van der Waals surface area (Å²) in [7, 11) is 0. The van der Waals surface area contributed by atoms with Gasteiger partial charge in [0.15, 0.2) is 5.13 Å². The fourth-order valence-corrected chi connectivity index (χ4v) is 4.50.